The van der Waals surface area contributed by atoms with Gasteiger partial charge in [0.15, 0.2) is 0 Å². The SMILES string of the molecule is C=C(C)[Si](C(=C)C)(C(C)C)C(C)C. The molecule has 76 valence electrons. The fourth-order valence-electron chi connectivity index (χ4n) is 3.00. The first kappa shape index (κ1) is 12.7. The molecule has 0 unspecified atom stereocenters. The molecule has 0 atom stereocenters. The summed E-state index contributed by atoms with van der Waals surface area (Å²) >= 11 is 0. The minimum Gasteiger partial charge on any atom is -0.104 e. The molecule has 0 heterocycles. The van der Waals surface area contributed by atoms with Gasteiger partial charge in [-0.05, 0) is 24.9 Å². The Balaban J connectivity index is 5.32. The van der Waals surface area contributed by atoms with Gasteiger partial charge in [0, 0.05) is 0 Å². The molecular weight excluding hydrogens is 172 g/mol. The molecule has 0 nitrogen and oxygen atoms in total. The van der Waals surface area contributed by atoms with Crippen LogP contribution in [0.3, 0.4) is 0 Å². The fraction of sp³-hybridized carbons (Fsp3) is 0.667. The summed E-state index contributed by atoms with van der Waals surface area (Å²) in [6.07, 6.45) is 0. The highest BCUT2D eigenvalue weighted by atomic mass is 28.3. The highest BCUT2D eigenvalue weighted by Gasteiger charge is 2.41. The predicted octanol–water partition coefficient (Wildman–Crippen LogP) is 4.49. The van der Waals surface area contributed by atoms with Crippen molar-refractivity contribution in [1.82, 2.24) is 0 Å². The molecular formula is C12H24Si. The summed E-state index contributed by atoms with van der Waals surface area (Å²) in [5, 5.41) is 2.76. The first-order valence-electron chi connectivity index (χ1n) is 5.09. The molecule has 0 amide bonds. The summed E-state index contributed by atoms with van der Waals surface area (Å²) in [6.45, 7) is 22.0. The van der Waals surface area contributed by atoms with Crippen LogP contribution >= 0.6 is 0 Å². The Morgan fingerprint density at radius 3 is 1.08 bits per heavy atom. The highest BCUT2D eigenvalue weighted by molar-refractivity contribution is 6.94. The van der Waals surface area contributed by atoms with E-state index in [1.807, 2.05) is 0 Å². The van der Waals surface area contributed by atoms with Crippen LogP contribution in [0.2, 0.25) is 11.1 Å². The Morgan fingerprint density at radius 2 is 1.08 bits per heavy atom. The van der Waals surface area contributed by atoms with E-state index in [1.165, 1.54) is 10.4 Å². The van der Waals surface area contributed by atoms with Crippen molar-refractivity contribution in [3.8, 4) is 0 Å². The third kappa shape index (κ3) is 1.96. The molecule has 0 fully saturated rings. The van der Waals surface area contributed by atoms with Crippen LogP contribution in [0.4, 0.5) is 0 Å². The second-order valence-electron chi connectivity index (χ2n) is 4.74. The van der Waals surface area contributed by atoms with Crippen molar-refractivity contribution in [2.24, 2.45) is 0 Å². The predicted molar refractivity (Wildman–Crippen MR) is 65.6 cm³/mol. The maximum absolute atomic E-state index is 4.19. The largest absolute Gasteiger partial charge is 0.111 e. The summed E-state index contributed by atoms with van der Waals surface area (Å²) < 4.78 is 0. The van der Waals surface area contributed by atoms with Gasteiger partial charge in [-0.15, -0.1) is 13.2 Å². The van der Waals surface area contributed by atoms with Gasteiger partial charge >= 0.3 is 0 Å². The first-order valence-corrected chi connectivity index (χ1v) is 7.25. The summed E-state index contributed by atoms with van der Waals surface area (Å²) in [5.74, 6) is 0. The number of hydrogen-bond acceptors (Lipinski definition) is 0. The van der Waals surface area contributed by atoms with Gasteiger partial charge in [-0.25, -0.2) is 0 Å². The Hall–Kier alpha value is -0.303. The standard InChI is InChI=1S/C12H24Si/c1-9(2)13(10(3)4,11(5)6)12(7)8/h11-12H,1,3H2,2,4-8H3. The van der Waals surface area contributed by atoms with E-state index >= 15 is 0 Å². The van der Waals surface area contributed by atoms with Crippen LogP contribution < -0.4 is 0 Å². The van der Waals surface area contributed by atoms with E-state index in [0.29, 0.717) is 11.1 Å². The van der Waals surface area contributed by atoms with Crippen molar-refractivity contribution < 1.29 is 0 Å². The van der Waals surface area contributed by atoms with Gasteiger partial charge in [0.05, 0.1) is 0 Å². The lowest BCUT2D eigenvalue weighted by Gasteiger charge is -2.40. The molecule has 0 saturated carbocycles. The third-order valence-electron chi connectivity index (χ3n) is 3.23. The molecule has 0 aromatic rings. The lowest BCUT2D eigenvalue weighted by atomic mass is 10.5. The molecule has 0 bridgehead atoms. The summed E-state index contributed by atoms with van der Waals surface area (Å²) in [7, 11) is -1.49. The smallest absolute Gasteiger partial charge is 0.104 e. The van der Waals surface area contributed by atoms with Crippen LogP contribution in [-0.2, 0) is 0 Å². The van der Waals surface area contributed by atoms with Crippen molar-refractivity contribution >= 4 is 8.07 Å². The van der Waals surface area contributed by atoms with Crippen LogP contribution in [-0.4, -0.2) is 8.07 Å². The van der Waals surface area contributed by atoms with Gasteiger partial charge in [0.1, 0.15) is 8.07 Å². The quantitative estimate of drug-likeness (QED) is 0.581. The lowest BCUT2D eigenvalue weighted by Crippen LogP contribution is -2.44. The topological polar surface area (TPSA) is 0 Å². The van der Waals surface area contributed by atoms with Gasteiger partial charge in [0.2, 0.25) is 0 Å². The molecule has 0 aromatic heterocycles. The van der Waals surface area contributed by atoms with E-state index < -0.39 is 8.07 Å². The molecule has 13 heavy (non-hydrogen) atoms. The van der Waals surface area contributed by atoms with E-state index in [1.54, 1.807) is 0 Å². The van der Waals surface area contributed by atoms with Gasteiger partial charge in [-0.3, -0.25) is 0 Å². The van der Waals surface area contributed by atoms with Gasteiger partial charge in [0.25, 0.3) is 0 Å². The maximum atomic E-state index is 4.19. The molecule has 0 N–H and O–H groups in total. The Kier molecular flexibility index (Phi) is 4.17. The second kappa shape index (κ2) is 4.27. The van der Waals surface area contributed by atoms with E-state index in [0.717, 1.165) is 0 Å². The van der Waals surface area contributed by atoms with Gasteiger partial charge in [-0.1, -0.05) is 38.1 Å². The molecule has 0 spiro atoms. The van der Waals surface area contributed by atoms with Gasteiger partial charge < -0.3 is 0 Å². The first-order chi connectivity index (χ1) is 5.77. The molecule has 0 aliphatic rings. The van der Waals surface area contributed by atoms with Crippen molar-refractivity contribution in [2.75, 3.05) is 0 Å². The Labute approximate surface area is 84.8 Å². The fourth-order valence-corrected chi connectivity index (χ4v) is 9.01. The second-order valence-corrected chi connectivity index (χ2v) is 10.5. The van der Waals surface area contributed by atoms with Crippen molar-refractivity contribution in [1.29, 1.82) is 0 Å². The van der Waals surface area contributed by atoms with Crippen molar-refractivity contribution in [2.45, 2.75) is 52.6 Å². The average Bonchev–Trinajstić information content (AvgIpc) is 1.82. The minimum atomic E-state index is -1.49. The van der Waals surface area contributed by atoms with E-state index in [9.17, 15) is 0 Å². The molecule has 0 aliphatic carbocycles. The van der Waals surface area contributed by atoms with E-state index in [4.69, 9.17) is 0 Å². The highest BCUT2D eigenvalue weighted by Crippen LogP contribution is 2.41. The summed E-state index contributed by atoms with van der Waals surface area (Å²) in [6, 6.07) is 0. The zero-order chi connectivity index (χ0) is 10.8. The average molecular weight is 196 g/mol. The van der Waals surface area contributed by atoms with Crippen LogP contribution in [0.1, 0.15) is 41.5 Å². The number of hydrogen-bond donors (Lipinski definition) is 0. The summed E-state index contributed by atoms with van der Waals surface area (Å²) in [5.41, 5.74) is 1.42. The van der Waals surface area contributed by atoms with E-state index in [-0.39, 0.29) is 0 Å². The van der Waals surface area contributed by atoms with E-state index in [2.05, 4.69) is 54.7 Å². The van der Waals surface area contributed by atoms with Crippen LogP contribution in [0.25, 0.3) is 0 Å². The van der Waals surface area contributed by atoms with Crippen molar-refractivity contribution in [3.63, 3.8) is 0 Å². The maximum Gasteiger partial charge on any atom is 0.111 e. The number of rotatable bonds is 4. The zero-order valence-corrected chi connectivity index (χ0v) is 11.1. The summed E-state index contributed by atoms with van der Waals surface area (Å²) in [4.78, 5) is 0. The third-order valence-corrected chi connectivity index (χ3v) is 9.70. The van der Waals surface area contributed by atoms with Gasteiger partial charge in [-0.2, -0.15) is 0 Å². The molecule has 0 aromatic carbocycles. The molecule has 0 aliphatic heterocycles. The number of allylic oxidation sites excluding steroid dienone is 2. The Morgan fingerprint density at radius 1 is 0.846 bits per heavy atom. The monoisotopic (exact) mass is 196 g/mol. The Bertz CT molecular complexity index is 187. The normalized spacial score (nSPS) is 12.3. The molecule has 0 radical (unpaired) electrons. The van der Waals surface area contributed by atoms with Crippen LogP contribution in [0, 0.1) is 0 Å². The lowest BCUT2D eigenvalue weighted by molar-refractivity contribution is 0.906. The van der Waals surface area contributed by atoms with Crippen LogP contribution in [0.5, 0.6) is 0 Å². The minimum absolute atomic E-state index is 0.711. The molecule has 0 rings (SSSR count). The van der Waals surface area contributed by atoms with Crippen molar-refractivity contribution in [3.05, 3.63) is 23.6 Å². The zero-order valence-electron chi connectivity index (χ0n) is 10.1. The molecule has 0 saturated heterocycles. The molecule has 1 heteroatoms. The van der Waals surface area contributed by atoms with Crippen LogP contribution in [0.15, 0.2) is 23.6 Å².